The molecule has 1 atom stereocenters. The van der Waals surface area contributed by atoms with Gasteiger partial charge in [0.15, 0.2) is 17.8 Å². The molecule has 0 bridgehead atoms. The number of carbonyl (C=O) groups excluding carboxylic acids is 1. The fourth-order valence-electron chi connectivity index (χ4n) is 1.85. The maximum absolute atomic E-state index is 11.4. The highest BCUT2D eigenvalue weighted by Crippen LogP contribution is 2.35. The van der Waals surface area contributed by atoms with Crippen LogP contribution in [0.4, 0.5) is 0 Å². The summed E-state index contributed by atoms with van der Waals surface area (Å²) in [4.78, 5) is 11.4. The Morgan fingerprint density at radius 2 is 2.00 bits per heavy atom. The molecule has 0 aromatic heterocycles. The zero-order valence-corrected chi connectivity index (χ0v) is 11.0. The van der Waals surface area contributed by atoms with Crippen LogP contribution in [-0.2, 0) is 19.0 Å². The molecule has 104 valence electrons. The largest absolute Gasteiger partial charge is 0.485 e. The van der Waals surface area contributed by atoms with Gasteiger partial charge < -0.3 is 23.7 Å². The molecule has 6 nitrogen and oxygen atoms in total. The van der Waals surface area contributed by atoms with Crippen molar-refractivity contribution in [2.24, 2.45) is 0 Å². The van der Waals surface area contributed by atoms with Crippen LogP contribution in [0.2, 0.25) is 0 Å². The second kappa shape index (κ2) is 5.90. The number of esters is 1. The summed E-state index contributed by atoms with van der Waals surface area (Å²) in [6.07, 6.45) is -1.20. The normalized spacial score (nSPS) is 17.4. The Hall–Kier alpha value is -1.79. The lowest BCUT2D eigenvalue weighted by Gasteiger charge is -2.25. The van der Waals surface area contributed by atoms with E-state index in [4.69, 9.17) is 18.9 Å². The Bertz CT molecular complexity index is 454. The topological polar surface area (TPSA) is 63.2 Å². The van der Waals surface area contributed by atoms with Crippen molar-refractivity contribution in [2.45, 2.75) is 12.4 Å². The number of carbonyl (C=O) groups is 1. The van der Waals surface area contributed by atoms with Gasteiger partial charge in [0.25, 0.3) is 0 Å². The first-order valence-electron chi connectivity index (χ1n) is 5.76. The van der Waals surface area contributed by atoms with Crippen LogP contribution >= 0.6 is 0 Å². The Labute approximate surface area is 111 Å². The molecule has 0 radical (unpaired) electrons. The summed E-state index contributed by atoms with van der Waals surface area (Å²) >= 11 is 0. The van der Waals surface area contributed by atoms with Crippen molar-refractivity contribution in [3.63, 3.8) is 0 Å². The predicted molar refractivity (Wildman–Crippen MR) is 65.1 cm³/mol. The number of benzene rings is 1. The molecule has 6 heteroatoms. The molecule has 2 rings (SSSR count). The summed E-state index contributed by atoms with van der Waals surface area (Å²) in [7, 11) is 4.42. The smallest absolute Gasteiger partial charge is 0.350 e. The van der Waals surface area contributed by atoms with Crippen molar-refractivity contribution in [1.29, 1.82) is 0 Å². The number of methoxy groups -OCH3 is 3. The van der Waals surface area contributed by atoms with E-state index in [0.29, 0.717) is 11.5 Å². The lowest BCUT2D eigenvalue weighted by Crippen LogP contribution is -2.37. The van der Waals surface area contributed by atoms with E-state index < -0.39 is 18.4 Å². The Morgan fingerprint density at radius 3 is 2.63 bits per heavy atom. The van der Waals surface area contributed by atoms with Crippen molar-refractivity contribution in [1.82, 2.24) is 0 Å². The monoisotopic (exact) mass is 268 g/mol. The van der Waals surface area contributed by atoms with E-state index in [-0.39, 0.29) is 6.61 Å². The average molecular weight is 268 g/mol. The molecule has 0 N–H and O–H groups in total. The van der Waals surface area contributed by atoms with Gasteiger partial charge in [-0.1, -0.05) is 6.07 Å². The number of ether oxygens (including phenoxy) is 5. The van der Waals surface area contributed by atoms with E-state index >= 15 is 0 Å². The average Bonchev–Trinajstić information content (AvgIpc) is 2.47. The second-order valence-electron chi connectivity index (χ2n) is 3.95. The third-order valence-electron chi connectivity index (χ3n) is 2.79. The molecule has 0 amide bonds. The van der Waals surface area contributed by atoms with Crippen molar-refractivity contribution in [3.8, 4) is 11.5 Å². The summed E-state index contributed by atoms with van der Waals surface area (Å²) in [6, 6.07) is 5.27. The van der Waals surface area contributed by atoms with Crippen LogP contribution in [0.1, 0.15) is 11.9 Å². The van der Waals surface area contributed by atoms with Gasteiger partial charge in [0.1, 0.15) is 6.61 Å². The molecular formula is C13H16O6. The standard InChI is InChI=1S/C13H16O6/c1-15-12(14)11-7-18-10-6-8(13(16-2)17-3)4-5-9(10)19-11/h4-6,11,13H,7H2,1-3H3. The molecule has 0 fully saturated rings. The molecule has 1 aromatic carbocycles. The number of fused-ring (bicyclic) bond motifs is 1. The highest BCUT2D eigenvalue weighted by atomic mass is 16.7. The second-order valence-corrected chi connectivity index (χ2v) is 3.95. The van der Waals surface area contributed by atoms with Gasteiger partial charge >= 0.3 is 5.97 Å². The van der Waals surface area contributed by atoms with Gasteiger partial charge in [0, 0.05) is 19.8 Å². The first-order chi connectivity index (χ1) is 9.19. The fraction of sp³-hybridized carbons (Fsp3) is 0.462. The zero-order chi connectivity index (χ0) is 13.8. The van der Waals surface area contributed by atoms with Crippen LogP contribution in [0.25, 0.3) is 0 Å². The van der Waals surface area contributed by atoms with E-state index in [9.17, 15) is 4.79 Å². The van der Waals surface area contributed by atoms with Crippen molar-refractivity contribution < 1.29 is 28.5 Å². The van der Waals surface area contributed by atoms with E-state index in [1.54, 1.807) is 32.4 Å². The van der Waals surface area contributed by atoms with Crippen molar-refractivity contribution in [2.75, 3.05) is 27.9 Å². The first-order valence-corrected chi connectivity index (χ1v) is 5.76. The molecule has 1 aliphatic heterocycles. The number of rotatable bonds is 4. The Kier molecular flexibility index (Phi) is 4.24. The van der Waals surface area contributed by atoms with Gasteiger partial charge in [-0.25, -0.2) is 4.79 Å². The van der Waals surface area contributed by atoms with Gasteiger partial charge in [0.2, 0.25) is 6.10 Å². The minimum absolute atomic E-state index is 0.119. The SMILES string of the molecule is COC(=O)C1COc2cc(C(OC)OC)ccc2O1. The fourth-order valence-corrected chi connectivity index (χ4v) is 1.85. The van der Waals surface area contributed by atoms with Crippen LogP contribution in [0.15, 0.2) is 18.2 Å². The number of hydrogen-bond donors (Lipinski definition) is 0. The summed E-state index contributed by atoms with van der Waals surface area (Å²) in [5.41, 5.74) is 0.809. The lowest BCUT2D eigenvalue weighted by atomic mass is 10.1. The zero-order valence-electron chi connectivity index (χ0n) is 11.0. The molecule has 1 aromatic rings. The molecule has 0 saturated carbocycles. The molecule has 0 spiro atoms. The van der Waals surface area contributed by atoms with Crippen LogP contribution in [0.3, 0.4) is 0 Å². The minimum Gasteiger partial charge on any atom is -0.485 e. The highest BCUT2D eigenvalue weighted by Gasteiger charge is 2.28. The minimum atomic E-state index is -0.732. The van der Waals surface area contributed by atoms with Gasteiger partial charge in [0.05, 0.1) is 7.11 Å². The molecular weight excluding hydrogens is 252 g/mol. The molecule has 19 heavy (non-hydrogen) atoms. The van der Waals surface area contributed by atoms with Crippen LogP contribution in [0.5, 0.6) is 11.5 Å². The van der Waals surface area contributed by atoms with E-state index in [1.165, 1.54) is 7.11 Å². The van der Waals surface area contributed by atoms with Gasteiger partial charge in [-0.3, -0.25) is 0 Å². The summed E-state index contributed by atoms with van der Waals surface area (Å²) in [5, 5.41) is 0. The lowest BCUT2D eigenvalue weighted by molar-refractivity contribution is -0.151. The van der Waals surface area contributed by atoms with Crippen molar-refractivity contribution >= 4 is 5.97 Å². The Morgan fingerprint density at radius 1 is 1.26 bits per heavy atom. The van der Waals surface area contributed by atoms with Gasteiger partial charge in [-0.05, 0) is 12.1 Å². The summed E-state index contributed by atoms with van der Waals surface area (Å²) in [5.74, 6) is 0.592. The third kappa shape index (κ3) is 2.80. The quantitative estimate of drug-likeness (QED) is 0.605. The first kappa shape index (κ1) is 13.6. The highest BCUT2D eigenvalue weighted by molar-refractivity contribution is 5.75. The molecule has 1 heterocycles. The molecule has 0 saturated heterocycles. The van der Waals surface area contributed by atoms with Gasteiger partial charge in [-0.2, -0.15) is 0 Å². The maximum Gasteiger partial charge on any atom is 0.350 e. The molecule has 1 unspecified atom stereocenters. The number of hydrogen-bond acceptors (Lipinski definition) is 6. The Balaban J connectivity index is 2.18. The van der Waals surface area contributed by atoms with E-state index in [1.807, 2.05) is 0 Å². The molecule has 1 aliphatic rings. The van der Waals surface area contributed by atoms with Crippen molar-refractivity contribution in [3.05, 3.63) is 23.8 Å². The van der Waals surface area contributed by atoms with Crippen LogP contribution < -0.4 is 9.47 Å². The van der Waals surface area contributed by atoms with Gasteiger partial charge in [-0.15, -0.1) is 0 Å². The molecule has 0 aliphatic carbocycles. The maximum atomic E-state index is 11.4. The summed E-state index contributed by atoms with van der Waals surface area (Å²) < 4.78 is 25.9. The van der Waals surface area contributed by atoms with Crippen LogP contribution in [-0.4, -0.2) is 40.0 Å². The van der Waals surface area contributed by atoms with E-state index in [2.05, 4.69) is 4.74 Å². The third-order valence-corrected chi connectivity index (χ3v) is 2.79. The van der Waals surface area contributed by atoms with E-state index in [0.717, 1.165) is 5.56 Å². The summed E-state index contributed by atoms with van der Waals surface area (Å²) in [6.45, 7) is 0.119. The van der Waals surface area contributed by atoms with Crippen LogP contribution in [0, 0.1) is 0 Å². The predicted octanol–water partition coefficient (Wildman–Crippen LogP) is 1.29.